The summed E-state index contributed by atoms with van der Waals surface area (Å²) in [7, 11) is 1.91. The third-order valence-electron chi connectivity index (χ3n) is 3.12. The minimum Gasteiger partial charge on any atom is -0.316 e. The van der Waals surface area contributed by atoms with Crippen molar-refractivity contribution in [3.63, 3.8) is 0 Å². The number of nitrogens with zero attached hydrogens (tertiary/aromatic N) is 1. The maximum Gasteiger partial charge on any atom is 0.130 e. The van der Waals surface area contributed by atoms with Crippen molar-refractivity contribution in [3.8, 4) is 0 Å². The highest BCUT2D eigenvalue weighted by Crippen LogP contribution is 2.18. The Balaban J connectivity index is 0.00000144. The standard InChI is InChI=1S/C12H16F2N2.ClH/c1-15-9-5-6-16(7-9)8-10-11(13)3-2-4-12(10)14;/h2-4,9,15H,5-8H2,1H3;1H. The van der Waals surface area contributed by atoms with Crippen molar-refractivity contribution in [2.24, 2.45) is 0 Å². The molecule has 96 valence electrons. The van der Waals surface area contributed by atoms with Gasteiger partial charge in [0.1, 0.15) is 11.6 Å². The molecule has 1 N–H and O–H groups in total. The smallest absolute Gasteiger partial charge is 0.130 e. The van der Waals surface area contributed by atoms with Gasteiger partial charge in [-0.2, -0.15) is 0 Å². The Morgan fingerprint density at radius 3 is 2.53 bits per heavy atom. The summed E-state index contributed by atoms with van der Waals surface area (Å²) in [4.78, 5) is 2.07. The van der Waals surface area contributed by atoms with Crippen molar-refractivity contribution >= 4 is 12.4 Å². The number of likely N-dealkylation sites (N-methyl/N-ethyl adjacent to an activating group) is 1. The van der Waals surface area contributed by atoms with Crippen molar-refractivity contribution < 1.29 is 8.78 Å². The molecular weight excluding hydrogens is 246 g/mol. The number of halogens is 3. The Morgan fingerprint density at radius 1 is 1.35 bits per heavy atom. The molecule has 17 heavy (non-hydrogen) atoms. The summed E-state index contributed by atoms with van der Waals surface area (Å²) in [5, 5.41) is 3.18. The second-order valence-electron chi connectivity index (χ2n) is 4.21. The van der Waals surface area contributed by atoms with Crippen molar-refractivity contribution in [3.05, 3.63) is 35.4 Å². The number of nitrogens with one attached hydrogen (secondary N) is 1. The van der Waals surface area contributed by atoms with Gasteiger partial charge >= 0.3 is 0 Å². The van der Waals surface area contributed by atoms with Crippen LogP contribution in [0.5, 0.6) is 0 Å². The van der Waals surface area contributed by atoms with E-state index in [0.29, 0.717) is 12.6 Å². The molecule has 1 fully saturated rings. The quantitative estimate of drug-likeness (QED) is 0.898. The molecule has 1 unspecified atom stereocenters. The van der Waals surface area contributed by atoms with Gasteiger partial charge in [-0.25, -0.2) is 8.78 Å². The van der Waals surface area contributed by atoms with Crippen molar-refractivity contribution in [2.45, 2.75) is 19.0 Å². The zero-order chi connectivity index (χ0) is 11.5. The van der Waals surface area contributed by atoms with E-state index in [9.17, 15) is 8.78 Å². The number of benzene rings is 1. The Kier molecular flexibility index (Phi) is 5.31. The number of likely N-dealkylation sites (tertiary alicyclic amines) is 1. The molecule has 1 aliphatic rings. The molecule has 0 amide bonds. The third kappa shape index (κ3) is 3.37. The molecule has 1 heterocycles. The summed E-state index contributed by atoms with van der Waals surface area (Å²) in [6.45, 7) is 2.10. The number of rotatable bonds is 3. The largest absolute Gasteiger partial charge is 0.316 e. The molecule has 1 atom stereocenters. The topological polar surface area (TPSA) is 15.3 Å². The van der Waals surface area contributed by atoms with Gasteiger partial charge in [0.25, 0.3) is 0 Å². The summed E-state index contributed by atoms with van der Waals surface area (Å²) < 4.78 is 26.8. The molecule has 0 aromatic heterocycles. The Labute approximate surface area is 106 Å². The molecule has 2 nitrogen and oxygen atoms in total. The molecule has 0 radical (unpaired) electrons. The molecule has 1 aromatic rings. The van der Waals surface area contributed by atoms with E-state index < -0.39 is 11.6 Å². The first-order valence-corrected chi connectivity index (χ1v) is 5.53. The van der Waals surface area contributed by atoms with Crippen LogP contribution in [0.3, 0.4) is 0 Å². The van der Waals surface area contributed by atoms with E-state index in [4.69, 9.17) is 0 Å². The molecule has 1 saturated heterocycles. The molecule has 1 aromatic carbocycles. The fourth-order valence-corrected chi connectivity index (χ4v) is 2.12. The first-order valence-electron chi connectivity index (χ1n) is 5.53. The highest BCUT2D eigenvalue weighted by Gasteiger charge is 2.22. The summed E-state index contributed by atoms with van der Waals surface area (Å²) in [6, 6.07) is 4.46. The Hall–Kier alpha value is -0.710. The van der Waals surface area contributed by atoms with Crippen LogP contribution in [0.4, 0.5) is 8.78 Å². The highest BCUT2D eigenvalue weighted by molar-refractivity contribution is 5.85. The minimum atomic E-state index is -0.451. The van der Waals surface area contributed by atoms with Crippen LogP contribution in [0.1, 0.15) is 12.0 Å². The van der Waals surface area contributed by atoms with Crippen LogP contribution >= 0.6 is 12.4 Å². The van der Waals surface area contributed by atoms with E-state index >= 15 is 0 Å². The fourth-order valence-electron chi connectivity index (χ4n) is 2.12. The first-order chi connectivity index (χ1) is 7.70. The lowest BCUT2D eigenvalue weighted by atomic mass is 10.2. The van der Waals surface area contributed by atoms with E-state index in [-0.39, 0.29) is 18.0 Å². The molecule has 0 bridgehead atoms. The zero-order valence-corrected chi connectivity index (χ0v) is 10.6. The minimum absolute atomic E-state index is 0. The SMILES string of the molecule is CNC1CCN(Cc2c(F)cccc2F)C1.Cl. The molecular formula is C12H17ClF2N2. The number of hydrogen-bond acceptors (Lipinski definition) is 2. The van der Waals surface area contributed by atoms with Gasteiger partial charge in [-0.05, 0) is 25.6 Å². The summed E-state index contributed by atoms with van der Waals surface area (Å²) in [6.07, 6.45) is 1.03. The molecule has 0 spiro atoms. The van der Waals surface area contributed by atoms with E-state index in [2.05, 4.69) is 10.2 Å². The molecule has 2 rings (SSSR count). The summed E-state index contributed by atoms with van der Waals surface area (Å²) in [5.41, 5.74) is 0.180. The lowest BCUT2D eigenvalue weighted by Gasteiger charge is -2.16. The summed E-state index contributed by atoms with van der Waals surface area (Å²) >= 11 is 0. The fraction of sp³-hybridized carbons (Fsp3) is 0.500. The van der Waals surface area contributed by atoms with Crippen molar-refractivity contribution in [2.75, 3.05) is 20.1 Å². The van der Waals surface area contributed by atoms with E-state index in [1.165, 1.54) is 18.2 Å². The Morgan fingerprint density at radius 2 is 2.00 bits per heavy atom. The Bertz CT molecular complexity index is 353. The highest BCUT2D eigenvalue weighted by atomic mass is 35.5. The van der Waals surface area contributed by atoms with Crippen LogP contribution in [0, 0.1) is 11.6 Å². The van der Waals surface area contributed by atoms with Gasteiger partial charge in [0.15, 0.2) is 0 Å². The molecule has 1 aliphatic heterocycles. The van der Waals surface area contributed by atoms with Gasteiger partial charge in [-0.15, -0.1) is 12.4 Å². The van der Waals surface area contributed by atoms with Gasteiger partial charge < -0.3 is 5.32 Å². The zero-order valence-electron chi connectivity index (χ0n) is 9.75. The van der Waals surface area contributed by atoms with Gasteiger partial charge in [0.05, 0.1) is 0 Å². The third-order valence-corrected chi connectivity index (χ3v) is 3.12. The normalized spacial score (nSPS) is 20.3. The second kappa shape index (κ2) is 6.28. The summed E-state index contributed by atoms with van der Waals surface area (Å²) in [5.74, 6) is -0.902. The average Bonchev–Trinajstić information content (AvgIpc) is 2.71. The molecule has 0 aliphatic carbocycles. The lowest BCUT2D eigenvalue weighted by Crippen LogP contribution is -2.29. The molecule has 0 saturated carbocycles. The predicted molar refractivity (Wildman–Crippen MR) is 66.3 cm³/mol. The van der Waals surface area contributed by atoms with Gasteiger partial charge in [-0.1, -0.05) is 6.07 Å². The number of hydrogen-bond donors (Lipinski definition) is 1. The van der Waals surface area contributed by atoms with E-state index in [1.54, 1.807) is 0 Å². The first kappa shape index (κ1) is 14.4. The van der Waals surface area contributed by atoms with Gasteiger partial charge in [0.2, 0.25) is 0 Å². The monoisotopic (exact) mass is 262 g/mol. The maximum atomic E-state index is 13.4. The van der Waals surface area contributed by atoms with Crippen LogP contribution in [0.15, 0.2) is 18.2 Å². The van der Waals surface area contributed by atoms with E-state index in [1.807, 2.05) is 7.05 Å². The maximum absolute atomic E-state index is 13.4. The van der Waals surface area contributed by atoms with E-state index in [0.717, 1.165) is 19.5 Å². The average molecular weight is 263 g/mol. The predicted octanol–water partition coefficient (Wildman–Crippen LogP) is 2.18. The van der Waals surface area contributed by atoms with Gasteiger partial charge in [0, 0.05) is 31.2 Å². The molecule has 5 heteroatoms. The van der Waals surface area contributed by atoms with Crippen molar-refractivity contribution in [1.29, 1.82) is 0 Å². The van der Waals surface area contributed by atoms with Crippen LogP contribution < -0.4 is 5.32 Å². The van der Waals surface area contributed by atoms with Crippen LogP contribution in [-0.4, -0.2) is 31.1 Å². The van der Waals surface area contributed by atoms with Crippen molar-refractivity contribution in [1.82, 2.24) is 10.2 Å². The van der Waals surface area contributed by atoms with Crippen LogP contribution in [0.2, 0.25) is 0 Å². The lowest BCUT2D eigenvalue weighted by molar-refractivity contribution is 0.310. The second-order valence-corrected chi connectivity index (χ2v) is 4.21. The van der Waals surface area contributed by atoms with Gasteiger partial charge in [-0.3, -0.25) is 4.90 Å². The van der Waals surface area contributed by atoms with Crippen LogP contribution in [0.25, 0.3) is 0 Å². The van der Waals surface area contributed by atoms with Crippen LogP contribution in [-0.2, 0) is 6.54 Å².